The van der Waals surface area contributed by atoms with Crippen molar-refractivity contribution >= 4 is 5.91 Å². The third-order valence-corrected chi connectivity index (χ3v) is 4.98. The molecular formula is C20H26N4O. The fourth-order valence-electron chi connectivity index (χ4n) is 3.36. The average molecular weight is 338 g/mol. The Hall–Kier alpha value is -2.24. The Bertz CT molecular complexity index is 746. The molecule has 2 heterocycles. The van der Waals surface area contributed by atoms with E-state index in [9.17, 15) is 4.79 Å². The molecule has 0 spiro atoms. The number of hydrogen-bond acceptors (Lipinski definition) is 4. The molecule has 1 aromatic carbocycles. The number of nitrogens with one attached hydrogen (secondary N) is 1. The molecule has 0 radical (unpaired) electrons. The number of nitrogens with zero attached hydrogens (tertiary/aromatic N) is 3. The van der Waals surface area contributed by atoms with Crippen molar-refractivity contribution in [2.45, 2.75) is 19.5 Å². The van der Waals surface area contributed by atoms with E-state index < -0.39 is 0 Å². The van der Waals surface area contributed by atoms with Crippen LogP contribution in [0.15, 0.2) is 42.6 Å². The van der Waals surface area contributed by atoms with Crippen LogP contribution in [0.5, 0.6) is 0 Å². The topological polar surface area (TPSA) is 48.5 Å². The van der Waals surface area contributed by atoms with Crippen molar-refractivity contribution in [2.75, 3.05) is 33.7 Å². The van der Waals surface area contributed by atoms with Gasteiger partial charge in [0.15, 0.2) is 0 Å². The van der Waals surface area contributed by atoms with Crippen molar-refractivity contribution in [3.05, 3.63) is 65.0 Å². The molecule has 1 aliphatic heterocycles. The van der Waals surface area contributed by atoms with Gasteiger partial charge < -0.3 is 5.32 Å². The molecular weight excluding hydrogens is 312 g/mol. The van der Waals surface area contributed by atoms with Gasteiger partial charge in [0.2, 0.25) is 0 Å². The zero-order chi connectivity index (χ0) is 17.8. The van der Waals surface area contributed by atoms with Crippen LogP contribution in [-0.4, -0.2) is 54.4 Å². The van der Waals surface area contributed by atoms with E-state index >= 15 is 0 Å². The smallest absolute Gasteiger partial charge is 0.251 e. The number of amides is 1. The fraction of sp³-hybridized carbons (Fsp3) is 0.400. The van der Waals surface area contributed by atoms with Crippen molar-refractivity contribution in [1.82, 2.24) is 20.1 Å². The van der Waals surface area contributed by atoms with Gasteiger partial charge in [-0.2, -0.15) is 0 Å². The van der Waals surface area contributed by atoms with Gasteiger partial charge in [-0.3, -0.25) is 19.6 Å². The molecule has 0 saturated carbocycles. The molecule has 1 unspecified atom stereocenters. The molecule has 5 heteroatoms. The zero-order valence-corrected chi connectivity index (χ0v) is 15.2. The highest BCUT2D eigenvalue weighted by Gasteiger charge is 2.26. The quantitative estimate of drug-likeness (QED) is 0.929. The summed E-state index contributed by atoms with van der Waals surface area (Å²) in [5.41, 5.74) is 4.28. The number of aromatic nitrogens is 1. The van der Waals surface area contributed by atoms with Crippen LogP contribution in [-0.2, 0) is 6.54 Å². The van der Waals surface area contributed by atoms with Crippen LogP contribution in [0.1, 0.15) is 33.2 Å². The van der Waals surface area contributed by atoms with Crippen LogP contribution in [0.4, 0.5) is 0 Å². The first-order valence-electron chi connectivity index (χ1n) is 8.73. The first kappa shape index (κ1) is 17.6. The molecule has 5 nitrogen and oxygen atoms in total. The standard InChI is InChI=1S/C20H26N4O/c1-15-6-5-9-22-18(15)13-24-11-10-23(3)19(14-24)16-7-4-8-17(12-16)20(25)21-2/h4-9,12,19H,10-11,13-14H2,1-3H3,(H,21,25). The van der Waals surface area contributed by atoms with Gasteiger partial charge in [0, 0.05) is 51.0 Å². The fourth-order valence-corrected chi connectivity index (χ4v) is 3.36. The van der Waals surface area contributed by atoms with E-state index in [1.807, 2.05) is 30.5 Å². The second kappa shape index (κ2) is 7.76. The van der Waals surface area contributed by atoms with Gasteiger partial charge in [-0.05, 0) is 43.3 Å². The molecule has 132 valence electrons. The highest BCUT2D eigenvalue weighted by molar-refractivity contribution is 5.94. The molecule has 0 aliphatic carbocycles. The summed E-state index contributed by atoms with van der Waals surface area (Å²) in [6.45, 7) is 5.94. The van der Waals surface area contributed by atoms with Crippen molar-refractivity contribution in [3.63, 3.8) is 0 Å². The molecule has 0 bridgehead atoms. The van der Waals surface area contributed by atoms with Crippen LogP contribution in [0, 0.1) is 6.92 Å². The van der Waals surface area contributed by atoms with Crippen LogP contribution in [0.2, 0.25) is 0 Å². The summed E-state index contributed by atoms with van der Waals surface area (Å²) in [6, 6.07) is 12.3. The number of carbonyl (C=O) groups excluding carboxylic acids is 1. The summed E-state index contributed by atoms with van der Waals surface area (Å²) in [5.74, 6) is -0.0405. The van der Waals surface area contributed by atoms with E-state index in [2.05, 4.69) is 46.2 Å². The molecule has 1 saturated heterocycles. The third kappa shape index (κ3) is 4.06. The number of likely N-dealkylation sites (N-methyl/N-ethyl adjacent to an activating group) is 1. The number of aryl methyl sites for hydroxylation is 1. The van der Waals surface area contributed by atoms with E-state index in [0.29, 0.717) is 5.56 Å². The predicted molar refractivity (Wildman–Crippen MR) is 99.5 cm³/mol. The van der Waals surface area contributed by atoms with Crippen molar-refractivity contribution in [1.29, 1.82) is 0 Å². The summed E-state index contributed by atoms with van der Waals surface area (Å²) >= 11 is 0. The van der Waals surface area contributed by atoms with Crippen molar-refractivity contribution in [2.24, 2.45) is 0 Å². The van der Waals surface area contributed by atoms with E-state index in [-0.39, 0.29) is 11.9 Å². The lowest BCUT2D eigenvalue weighted by atomic mass is 10.00. The Labute approximate surface area is 149 Å². The van der Waals surface area contributed by atoms with Crippen LogP contribution >= 0.6 is 0 Å². The Morgan fingerprint density at radius 1 is 1.28 bits per heavy atom. The normalized spacial score (nSPS) is 18.9. The second-order valence-electron chi connectivity index (χ2n) is 6.70. The van der Waals surface area contributed by atoms with Gasteiger partial charge in [0.05, 0.1) is 5.69 Å². The summed E-state index contributed by atoms with van der Waals surface area (Å²) in [6.07, 6.45) is 1.86. The Kier molecular flexibility index (Phi) is 5.46. The number of rotatable bonds is 4. The minimum absolute atomic E-state index is 0.0405. The minimum Gasteiger partial charge on any atom is -0.355 e. The second-order valence-corrected chi connectivity index (χ2v) is 6.70. The lowest BCUT2D eigenvalue weighted by Crippen LogP contribution is -2.46. The third-order valence-electron chi connectivity index (χ3n) is 4.98. The van der Waals surface area contributed by atoms with E-state index in [4.69, 9.17) is 0 Å². The summed E-state index contributed by atoms with van der Waals surface area (Å²) in [5, 5.41) is 2.70. The first-order valence-corrected chi connectivity index (χ1v) is 8.73. The lowest BCUT2D eigenvalue weighted by molar-refractivity contribution is 0.0891. The average Bonchev–Trinajstić information content (AvgIpc) is 2.64. The van der Waals surface area contributed by atoms with Gasteiger partial charge >= 0.3 is 0 Å². The molecule has 1 N–H and O–H groups in total. The van der Waals surface area contributed by atoms with Gasteiger partial charge in [0.1, 0.15) is 0 Å². The Morgan fingerprint density at radius 2 is 2.12 bits per heavy atom. The summed E-state index contributed by atoms with van der Waals surface area (Å²) < 4.78 is 0. The van der Waals surface area contributed by atoms with Gasteiger partial charge in [-0.15, -0.1) is 0 Å². The van der Waals surface area contributed by atoms with Crippen LogP contribution in [0.3, 0.4) is 0 Å². The largest absolute Gasteiger partial charge is 0.355 e. The molecule has 1 atom stereocenters. The number of hydrogen-bond donors (Lipinski definition) is 1. The van der Waals surface area contributed by atoms with Crippen molar-refractivity contribution < 1.29 is 4.79 Å². The molecule has 1 fully saturated rings. The maximum Gasteiger partial charge on any atom is 0.251 e. The van der Waals surface area contributed by atoms with Gasteiger partial charge in [-0.25, -0.2) is 0 Å². The van der Waals surface area contributed by atoms with Gasteiger partial charge in [0.25, 0.3) is 5.91 Å². The highest BCUT2D eigenvalue weighted by atomic mass is 16.1. The molecule has 25 heavy (non-hydrogen) atoms. The lowest BCUT2D eigenvalue weighted by Gasteiger charge is -2.39. The van der Waals surface area contributed by atoms with E-state index in [1.165, 1.54) is 11.1 Å². The van der Waals surface area contributed by atoms with Crippen molar-refractivity contribution in [3.8, 4) is 0 Å². The summed E-state index contributed by atoms with van der Waals surface area (Å²) in [7, 11) is 3.82. The minimum atomic E-state index is -0.0405. The monoisotopic (exact) mass is 338 g/mol. The van der Waals surface area contributed by atoms with Gasteiger partial charge in [-0.1, -0.05) is 18.2 Å². The predicted octanol–water partition coefficient (Wildman–Crippen LogP) is 2.24. The number of carbonyl (C=O) groups is 1. The molecule has 1 aliphatic rings. The maximum absolute atomic E-state index is 11.9. The van der Waals surface area contributed by atoms with E-state index in [0.717, 1.165) is 31.9 Å². The number of piperazine rings is 1. The number of benzene rings is 1. The maximum atomic E-state index is 11.9. The highest BCUT2D eigenvalue weighted by Crippen LogP contribution is 2.26. The summed E-state index contributed by atoms with van der Waals surface area (Å²) in [4.78, 5) is 21.3. The molecule has 1 aromatic heterocycles. The number of pyridine rings is 1. The zero-order valence-electron chi connectivity index (χ0n) is 15.2. The molecule has 3 rings (SSSR count). The first-order chi connectivity index (χ1) is 12.1. The van der Waals surface area contributed by atoms with Crippen LogP contribution in [0.25, 0.3) is 0 Å². The SMILES string of the molecule is CNC(=O)c1cccc(C2CN(Cc3ncccc3C)CCN2C)c1. The van der Waals surface area contributed by atoms with Crippen LogP contribution < -0.4 is 5.32 Å². The Morgan fingerprint density at radius 3 is 2.88 bits per heavy atom. The Balaban J connectivity index is 1.77. The molecule has 2 aromatic rings. The van der Waals surface area contributed by atoms with E-state index in [1.54, 1.807) is 7.05 Å². The molecule has 1 amide bonds.